The van der Waals surface area contributed by atoms with Crippen molar-refractivity contribution in [2.75, 3.05) is 5.32 Å². The van der Waals surface area contributed by atoms with Crippen LogP contribution < -0.4 is 5.32 Å². The molecule has 1 aromatic heterocycles. The molecule has 1 fully saturated rings. The van der Waals surface area contributed by atoms with E-state index in [-0.39, 0.29) is 5.69 Å². The Labute approximate surface area is 110 Å². The Hall–Kier alpha value is -1.84. The zero-order valence-corrected chi connectivity index (χ0v) is 10.6. The molecule has 0 spiro atoms. The van der Waals surface area contributed by atoms with Crippen LogP contribution in [0.15, 0.2) is 34.7 Å². The molecule has 1 aliphatic rings. The molecule has 2 unspecified atom stereocenters. The van der Waals surface area contributed by atoms with Crippen LogP contribution in [-0.4, -0.2) is 0 Å². The summed E-state index contributed by atoms with van der Waals surface area (Å²) in [6.07, 6.45) is 1.17. The number of hydrogen-bond donors (Lipinski definition) is 1. The number of nitrogens with one attached hydrogen (secondary N) is 1. The van der Waals surface area contributed by atoms with Gasteiger partial charge in [-0.25, -0.2) is 8.78 Å². The number of rotatable bonds is 4. The Bertz CT molecular complexity index is 594. The van der Waals surface area contributed by atoms with E-state index in [2.05, 4.69) is 12.2 Å². The fraction of sp³-hybridized carbons (Fsp3) is 0.333. The van der Waals surface area contributed by atoms with Gasteiger partial charge in [0, 0.05) is 12.0 Å². The molecule has 1 N–H and O–H groups in total. The highest BCUT2D eigenvalue weighted by atomic mass is 19.1. The first-order valence-corrected chi connectivity index (χ1v) is 6.41. The van der Waals surface area contributed by atoms with E-state index in [4.69, 9.17) is 4.42 Å². The molecule has 1 heterocycles. The molecule has 19 heavy (non-hydrogen) atoms. The number of anilines is 1. The van der Waals surface area contributed by atoms with E-state index in [1.165, 1.54) is 18.6 Å². The maximum Gasteiger partial charge on any atom is 0.149 e. The first kappa shape index (κ1) is 12.2. The van der Waals surface area contributed by atoms with Crippen molar-refractivity contribution in [3.05, 3.63) is 53.5 Å². The Morgan fingerprint density at radius 3 is 2.74 bits per heavy atom. The van der Waals surface area contributed by atoms with Gasteiger partial charge in [0.25, 0.3) is 0 Å². The molecule has 0 radical (unpaired) electrons. The third-order valence-electron chi connectivity index (χ3n) is 3.54. The van der Waals surface area contributed by atoms with Gasteiger partial charge >= 0.3 is 0 Å². The van der Waals surface area contributed by atoms with Crippen LogP contribution in [0.25, 0.3) is 0 Å². The quantitative estimate of drug-likeness (QED) is 0.890. The van der Waals surface area contributed by atoms with E-state index in [1.807, 2.05) is 12.1 Å². The normalized spacial score (nSPS) is 21.4. The molecule has 3 rings (SSSR count). The van der Waals surface area contributed by atoms with E-state index in [9.17, 15) is 8.78 Å². The molecular formula is C15H15F2NO. The van der Waals surface area contributed by atoms with Gasteiger partial charge in [-0.2, -0.15) is 0 Å². The average Bonchev–Trinajstić information content (AvgIpc) is 2.91. The second-order valence-electron chi connectivity index (χ2n) is 5.10. The van der Waals surface area contributed by atoms with Gasteiger partial charge in [-0.3, -0.25) is 0 Å². The van der Waals surface area contributed by atoms with Crippen molar-refractivity contribution in [3.63, 3.8) is 0 Å². The molecule has 0 saturated heterocycles. The molecule has 0 aliphatic heterocycles. The monoisotopic (exact) mass is 263 g/mol. The van der Waals surface area contributed by atoms with Crippen molar-refractivity contribution < 1.29 is 13.2 Å². The summed E-state index contributed by atoms with van der Waals surface area (Å²) in [7, 11) is 0. The number of halogens is 2. The summed E-state index contributed by atoms with van der Waals surface area (Å²) in [5, 5.41) is 2.90. The van der Waals surface area contributed by atoms with Gasteiger partial charge in [-0.1, -0.05) is 6.92 Å². The van der Waals surface area contributed by atoms with Crippen molar-refractivity contribution in [2.24, 2.45) is 5.92 Å². The van der Waals surface area contributed by atoms with Crippen molar-refractivity contribution in [2.45, 2.75) is 25.8 Å². The van der Waals surface area contributed by atoms with E-state index >= 15 is 0 Å². The third-order valence-corrected chi connectivity index (χ3v) is 3.54. The highest BCUT2D eigenvalue weighted by Gasteiger charge is 2.36. The predicted molar refractivity (Wildman–Crippen MR) is 68.9 cm³/mol. The highest BCUT2D eigenvalue weighted by Crippen LogP contribution is 2.47. The number of furan rings is 1. The highest BCUT2D eigenvalue weighted by molar-refractivity contribution is 5.44. The van der Waals surface area contributed by atoms with Crippen molar-refractivity contribution in [3.8, 4) is 0 Å². The summed E-state index contributed by atoms with van der Waals surface area (Å²) in [6, 6.07) is 7.35. The van der Waals surface area contributed by atoms with Crippen molar-refractivity contribution >= 4 is 5.69 Å². The van der Waals surface area contributed by atoms with Crippen LogP contribution in [-0.2, 0) is 6.54 Å². The topological polar surface area (TPSA) is 25.2 Å². The first-order valence-electron chi connectivity index (χ1n) is 6.41. The van der Waals surface area contributed by atoms with Crippen LogP contribution in [0.4, 0.5) is 14.5 Å². The molecule has 1 saturated carbocycles. The SMILES string of the molecule is CC1CC1c1ccc(CNc2ccc(F)cc2F)o1. The van der Waals surface area contributed by atoms with Crippen LogP contribution in [0.3, 0.4) is 0 Å². The summed E-state index contributed by atoms with van der Waals surface area (Å²) in [5.74, 6) is 1.83. The lowest BCUT2D eigenvalue weighted by atomic mass is 10.2. The molecule has 2 aromatic rings. The van der Waals surface area contributed by atoms with Gasteiger partial charge in [0.15, 0.2) is 0 Å². The molecule has 1 aromatic carbocycles. The molecule has 100 valence electrons. The standard InChI is InChI=1S/C15H15F2NO/c1-9-6-12(9)15-5-3-11(19-15)8-18-14-4-2-10(16)7-13(14)17/h2-5,7,9,12,18H,6,8H2,1H3. The fourth-order valence-corrected chi connectivity index (χ4v) is 2.22. The maximum absolute atomic E-state index is 13.4. The fourth-order valence-electron chi connectivity index (χ4n) is 2.22. The van der Waals surface area contributed by atoms with E-state index in [1.54, 1.807) is 0 Å². The van der Waals surface area contributed by atoms with Crippen LogP contribution in [0.1, 0.15) is 30.8 Å². The summed E-state index contributed by atoms with van der Waals surface area (Å²) in [6.45, 7) is 2.59. The minimum atomic E-state index is -0.595. The zero-order valence-electron chi connectivity index (χ0n) is 10.6. The predicted octanol–water partition coefficient (Wildman–Crippen LogP) is 4.29. The maximum atomic E-state index is 13.4. The van der Waals surface area contributed by atoms with Crippen LogP contribution in [0.5, 0.6) is 0 Å². The van der Waals surface area contributed by atoms with Crippen LogP contribution >= 0.6 is 0 Å². The Balaban J connectivity index is 1.64. The lowest BCUT2D eigenvalue weighted by Gasteiger charge is -2.05. The average molecular weight is 263 g/mol. The van der Waals surface area contributed by atoms with Gasteiger partial charge in [-0.05, 0) is 36.6 Å². The Kier molecular flexibility index (Phi) is 3.01. The van der Waals surface area contributed by atoms with Crippen LogP contribution in [0.2, 0.25) is 0 Å². The lowest BCUT2D eigenvalue weighted by Crippen LogP contribution is -2.00. The minimum Gasteiger partial charge on any atom is -0.464 e. The number of hydrogen-bond acceptors (Lipinski definition) is 2. The summed E-state index contributed by atoms with van der Waals surface area (Å²) < 4.78 is 31.9. The number of benzene rings is 1. The van der Waals surface area contributed by atoms with Gasteiger partial charge < -0.3 is 9.73 Å². The molecule has 1 aliphatic carbocycles. The van der Waals surface area contributed by atoms with Gasteiger partial charge in [0.1, 0.15) is 23.2 Å². The molecule has 2 atom stereocenters. The van der Waals surface area contributed by atoms with E-state index < -0.39 is 11.6 Å². The molecule has 0 amide bonds. The smallest absolute Gasteiger partial charge is 0.149 e. The minimum absolute atomic E-state index is 0.277. The largest absolute Gasteiger partial charge is 0.464 e. The third kappa shape index (κ3) is 2.62. The van der Waals surface area contributed by atoms with E-state index in [0.29, 0.717) is 18.4 Å². The van der Waals surface area contributed by atoms with Gasteiger partial charge in [-0.15, -0.1) is 0 Å². The van der Waals surface area contributed by atoms with Gasteiger partial charge in [0.2, 0.25) is 0 Å². The second kappa shape index (κ2) is 4.68. The van der Waals surface area contributed by atoms with Crippen molar-refractivity contribution in [1.82, 2.24) is 0 Å². The molecule has 2 nitrogen and oxygen atoms in total. The summed E-state index contributed by atoms with van der Waals surface area (Å²) in [5.41, 5.74) is 0.277. The van der Waals surface area contributed by atoms with E-state index in [0.717, 1.165) is 17.6 Å². The van der Waals surface area contributed by atoms with Gasteiger partial charge in [0.05, 0.1) is 12.2 Å². The summed E-state index contributed by atoms with van der Waals surface area (Å²) in [4.78, 5) is 0. The lowest BCUT2D eigenvalue weighted by molar-refractivity contribution is 0.467. The Morgan fingerprint density at radius 2 is 2.05 bits per heavy atom. The summed E-state index contributed by atoms with van der Waals surface area (Å²) >= 11 is 0. The molecular weight excluding hydrogens is 248 g/mol. The Morgan fingerprint density at radius 1 is 1.26 bits per heavy atom. The van der Waals surface area contributed by atoms with Crippen LogP contribution in [0, 0.1) is 17.6 Å². The molecule has 0 bridgehead atoms. The second-order valence-corrected chi connectivity index (χ2v) is 5.10. The van der Waals surface area contributed by atoms with Crippen molar-refractivity contribution in [1.29, 1.82) is 0 Å². The molecule has 4 heteroatoms. The zero-order chi connectivity index (χ0) is 13.4. The first-order chi connectivity index (χ1) is 9.13.